The normalized spacial score (nSPS) is 11.8. The van der Waals surface area contributed by atoms with Gasteiger partial charge in [-0.15, -0.1) is 11.3 Å². The quantitative estimate of drug-likeness (QED) is 0.818. The lowest BCUT2D eigenvalue weighted by Gasteiger charge is -2.23. The van der Waals surface area contributed by atoms with Crippen LogP contribution in [-0.2, 0) is 4.79 Å². The second-order valence-electron chi connectivity index (χ2n) is 4.22. The fourth-order valence-corrected chi connectivity index (χ4v) is 2.52. The van der Waals surface area contributed by atoms with E-state index in [1.165, 1.54) is 17.5 Å². The molecule has 1 amide bonds. The molecule has 0 spiro atoms. The Labute approximate surface area is 123 Å². The molecular formula is C13H14F3NO3S. The van der Waals surface area contributed by atoms with Crippen molar-refractivity contribution in [2.75, 3.05) is 13.1 Å². The summed E-state index contributed by atoms with van der Waals surface area (Å²) in [5, 5.41) is 10.1. The summed E-state index contributed by atoms with van der Waals surface area (Å²) in [6.45, 7) is 0.342. The molecule has 1 aromatic heterocycles. The molecular weight excluding hydrogens is 307 g/mol. The van der Waals surface area contributed by atoms with Crippen molar-refractivity contribution in [1.29, 1.82) is 0 Å². The van der Waals surface area contributed by atoms with Gasteiger partial charge in [-0.3, -0.25) is 4.79 Å². The predicted octanol–water partition coefficient (Wildman–Crippen LogP) is 3.26. The van der Waals surface area contributed by atoms with Gasteiger partial charge in [0.05, 0.1) is 4.88 Å². The monoisotopic (exact) mass is 321 g/mol. The second kappa shape index (κ2) is 7.26. The lowest BCUT2D eigenvalue weighted by molar-refractivity contribution is -0.140. The average Bonchev–Trinajstić information content (AvgIpc) is 2.81. The Balaban J connectivity index is 2.99. The number of nitrogens with zero attached hydrogens (tertiary/aromatic N) is 1. The van der Waals surface area contributed by atoms with Crippen LogP contribution in [0.4, 0.5) is 13.2 Å². The van der Waals surface area contributed by atoms with Crippen LogP contribution in [0.15, 0.2) is 17.5 Å². The van der Waals surface area contributed by atoms with Gasteiger partial charge in [-0.05, 0) is 29.5 Å². The van der Waals surface area contributed by atoms with Crippen molar-refractivity contribution in [3.63, 3.8) is 0 Å². The van der Waals surface area contributed by atoms with Crippen molar-refractivity contribution in [1.82, 2.24) is 4.90 Å². The molecule has 8 heteroatoms. The van der Waals surface area contributed by atoms with Gasteiger partial charge in [0.25, 0.3) is 5.91 Å². The number of rotatable bonds is 6. The van der Waals surface area contributed by atoms with E-state index in [-0.39, 0.29) is 11.4 Å². The number of carbonyl (C=O) groups excluding carboxylic acids is 1. The van der Waals surface area contributed by atoms with Crippen LogP contribution < -0.4 is 0 Å². The number of amides is 1. The van der Waals surface area contributed by atoms with Crippen molar-refractivity contribution in [2.24, 2.45) is 0 Å². The third kappa shape index (κ3) is 5.58. The van der Waals surface area contributed by atoms with Crippen LogP contribution in [0.2, 0.25) is 0 Å². The Bertz CT molecular complexity index is 537. The highest BCUT2D eigenvalue weighted by Crippen LogP contribution is 2.23. The number of thiophene rings is 1. The zero-order valence-electron chi connectivity index (χ0n) is 11.2. The minimum Gasteiger partial charge on any atom is -0.478 e. The first-order valence-corrected chi connectivity index (χ1v) is 6.97. The van der Waals surface area contributed by atoms with E-state index in [0.29, 0.717) is 12.0 Å². The first-order chi connectivity index (χ1) is 9.74. The highest BCUT2D eigenvalue weighted by Gasteiger charge is 2.33. The predicted molar refractivity (Wildman–Crippen MR) is 73.2 cm³/mol. The first-order valence-electron chi connectivity index (χ1n) is 6.09. The summed E-state index contributed by atoms with van der Waals surface area (Å²) >= 11 is 0.987. The van der Waals surface area contributed by atoms with Crippen LogP contribution in [0.1, 0.15) is 28.6 Å². The maximum absolute atomic E-state index is 12.5. The number of carboxylic acid groups (broad SMARTS) is 1. The Kier molecular flexibility index (Phi) is 5.95. The number of carbonyl (C=O) groups is 2. The van der Waals surface area contributed by atoms with Gasteiger partial charge in [0.1, 0.15) is 6.54 Å². The van der Waals surface area contributed by atoms with Gasteiger partial charge in [-0.2, -0.15) is 13.2 Å². The first kappa shape index (κ1) is 17.2. The fourth-order valence-electron chi connectivity index (χ4n) is 1.67. The maximum Gasteiger partial charge on any atom is 0.406 e. The summed E-state index contributed by atoms with van der Waals surface area (Å²) in [6.07, 6.45) is -2.04. The van der Waals surface area contributed by atoms with Crippen LogP contribution in [0, 0.1) is 0 Å². The van der Waals surface area contributed by atoms with Crippen molar-refractivity contribution < 1.29 is 27.9 Å². The molecule has 1 N–H and O–H groups in total. The minimum absolute atomic E-state index is 0.0155. The average molecular weight is 321 g/mol. The number of carboxylic acids is 1. The molecule has 0 aliphatic carbocycles. The van der Waals surface area contributed by atoms with Gasteiger partial charge in [0, 0.05) is 12.6 Å². The highest BCUT2D eigenvalue weighted by atomic mass is 32.1. The van der Waals surface area contributed by atoms with Crippen molar-refractivity contribution in [3.05, 3.63) is 28.0 Å². The Hall–Kier alpha value is -1.83. The van der Waals surface area contributed by atoms with Crippen molar-refractivity contribution in [2.45, 2.75) is 19.5 Å². The molecule has 0 fully saturated rings. The minimum atomic E-state index is -4.47. The zero-order valence-corrected chi connectivity index (χ0v) is 12.0. The Morgan fingerprint density at radius 2 is 2.10 bits per heavy atom. The molecule has 0 atom stereocenters. The van der Waals surface area contributed by atoms with E-state index in [4.69, 9.17) is 5.11 Å². The molecule has 0 saturated heterocycles. The van der Waals surface area contributed by atoms with Crippen LogP contribution in [0.5, 0.6) is 0 Å². The summed E-state index contributed by atoms with van der Waals surface area (Å²) in [6, 6.07) is 1.50. The van der Waals surface area contributed by atoms with Crippen molar-refractivity contribution in [3.8, 4) is 0 Å². The van der Waals surface area contributed by atoms with Crippen LogP contribution in [0.25, 0.3) is 6.08 Å². The summed E-state index contributed by atoms with van der Waals surface area (Å²) in [7, 11) is 0. The van der Waals surface area contributed by atoms with E-state index >= 15 is 0 Å². The maximum atomic E-state index is 12.5. The second-order valence-corrected chi connectivity index (χ2v) is 5.13. The summed E-state index contributed by atoms with van der Waals surface area (Å²) in [4.78, 5) is 23.5. The summed E-state index contributed by atoms with van der Waals surface area (Å²) < 4.78 is 37.5. The lowest BCUT2D eigenvalue weighted by Crippen LogP contribution is -2.39. The van der Waals surface area contributed by atoms with Crippen molar-refractivity contribution >= 4 is 29.3 Å². The molecule has 0 unspecified atom stereocenters. The molecule has 21 heavy (non-hydrogen) atoms. The van der Waals surface area contributed by atoms with E-state index in [9.17, 15) is 22.8 Å². The Morgan fingerprint density at radius 3 is 2.62 bits per heavy atom. The van der Waals surface area contributed by atoms with Gasteiger partial charge in [-0.1, -0.05) is 6.92 Å². The standard InChI is InChI=1S/C13H14F3NO3S/c1-2-6-17(8-13(14,15)16)12(20)11-9(5-7-21-11)3-4-10(18)19/h3-5,7H,2,6,8H2,1H3,(H,18,19). The number of alkyl halides is 3. The zero-order chi connectivity index (χ0) is 16.0. The van der Waals surface area contributed by atoms with E-state index in [2.05, 4.69) is 0 Å². The molecule has 1 heterocycles. The van der Waals surface area contributed by atoms with Crippen LogP contribution in [0.3, 0.4) is 0 Å². The van der Waals surface area contributed by atoms with Gasteiger partial charge >= 0.3 is 12.1 Å². The van der Waals surface area contributed by atoms with Gasteiger partial charge in [0.15, 0.2) is 0 Å². The van der Waals surface area contributed by atoms with E-state index in [1.807, 2.05) is 0 Å². The molecule has 1 aromatic rings. The summed E-state index contributed by atoms with van der Waals surface area (Å²) in [5.41, 5.74) is 0.302. The molecule has 0 aliphatic rings. The van der Waals surface area contributed by atoms with Gasteiger partial charge in [-0.25, -0.2) is 4.79 Å². The van der Waals surface area contributed by atoms with E-state index in [0.717, 1.165) is 22.3 Å². The van der Waals surface area contributed by atoms with Gasteiger partial charge < -0.3 is 10.0 Å². The third-order valence-corrected chi connectivity index (χ3v) is 3.36. The molecule has 0 aromatic carbocycles. The molecule has 0 bridgehead atoms. The largest absolute Gasteiger partial charge is 0.478 e. The van der Waals surface area contributed by atoms with Crippen LogP contribution in [-0.4, -0.2) is 41.1 Å². The third-order valence-electron chi connectivity index (χ3n) is 2.45. The smallest absolute Gasteiger partial charge is 0.406 e. The number of hydrogen-bond acceptors (Lipinski definition) is 3. The Morgan fingerprint density at radius 1 is 1.43 bits per heavy atom. The lowest BCUT2D eigenvalue weighted by atomic mass is 10.2. The number of halogens is 3. The molecule has 0 radical (unpaired) electrons. The molecule has 0 aliphatic heterocycles. The SMILES string of the molecule is CCCN(CC(F)(F)F)C(=O)c1sccc1C=CC(=O)O. The molecule has 116 valence electrons. The molecule has 1 rings (SSSR count). The van der Waals surface area contributed by atoms with Gasteiger partial charge in [0.2, 0.25) is 0 Å². The topological polar surface area (TPSA) is 57.6 Å². The van der Waals surface area contributed by atoms with E-state index in [1.54, 1.807) is 6.92 Å². The number of hydrogen-bond donors (Lipinski definition) is 1. The summed E-state index contributed by atoms with van der Waals surface area (Å²) in [5.74, 6) is -1.94. The number of aliphatic carboxylic acids is 1. The molecule has 0 saturated carbocycles. The fraction of sp³-hybridized carbons (Fsp3) is 0.385. The van der Waals surface area contributed by atoms with E-state index < -0.39 is 24.6 Å². The highest BCUT2D eigenvalue weighted by molar-refractivity contribution is 7.12. The molecule has 4 nitrogen and oxygen atoms in total. The van der Waals surface area contributed by atoms with Crippen LogP contribution >= 0.6 is 11.3 Å².